The van der Waals surface area contributed by atoms with E-state index in [1.54, 1.807) is 11.3 Å². The summed E-state index contributed by atoms with van der Waals surface area (Å²) in [6.45, 7) is 7.74. The van der Waals surface area contributed by atoms with Gasteiger partial charge in [0.1, 0.15) is 0 Å². The van der Waals surface area contributed by atoms with Crippen LogP contribution in [0.15, 0.2) is 17.5 Å². The first-order valence-electron chi connectivity index (χ1n) is 6.05. The fourth-order valence-electron chi connectivity index (χ4n) is 2.07. The maximum Gasteiger partial charge on any atom is 0.0588 e. The Bertz CT molecular complexity index is 282. The van der Waals surface area contributed by atoms with E-state index >= 15 is 0 Å². The van der Waals surface area contributed by atoms with Gasteiger partial charge in [-0.1, -0.05) is 26.3 Å². The van der Waals surface area contributed by atoms with Gasteiger partial charge in [0, 0.05) is 17.5 Å². The van der Waals surface area contributed by atoms with Crippen molar-refractivity contribution in [3.8, 4) is 0 Å². The largest absolute Gasteiger partial charge is 0.326 e. The lowest BCUT2D eigenvalue weighted by Crippen LogP contribution is -2.38. The van der Waals surface area contributed by atoms with Crippen molar-refractivity contribution in [3.05, 3.63) is 22.4 Å². The molecule has 0 spiro atoms. The highest BCUT2D eigenvalue weighted by Crippen LogP contribution is 2.27. The van der Waals surface area contributed by atoms with Crippen LogP contribution in [0, 0.1) is 5.92 Å². The van der Waals surface area contributed by atoms with Gasteiger partial charge in [0.2, 0.25) is 0 Å². The van der Waals surface area contributed by atoms with E-state index in [9.17, 15) is 0 Å². The molecular weight excluding hydrogens is 216 g/mol. The molecule has 92 valence electrons. The summed E-state index contributed by atoms with van der Waals surface area (Å²) in [6.07, 6.45) is 1.22. The fourth-order valence-corrected chi connectivity index (χ4v) is 3.08. The maximum absolute atomic E-state index is 6.11. The molecule has 0 saturated heterocycles. The Hall–Kier alpha value is -0.380. The van der Waals surface area contributed by atoms with Gasteiger partial charge in [0.25, 0.3) is 0 Å². The lowest BCUT2D eigenvalue weighted by Gasteiger charge is -2.32. The number of nitrogens with two attached hydrogens (primary N) is 1. The summed E-state index contributed by atoms with van der Waals surface area (Å²) in [6, 6.07) is 4.82. The van der Waals surface area contributed by atoms with E-state index < -0.39 is 0 Å². The number of hydrogen-bond donors (Lipinski definition) is 1. The quantitative estimate of drug-likeness (QED) is 0.828. The number of rotatable bonds is 6. The molecule has 3 unspecified atom stereocenters. The van der Waals surface area contributed by atoms with Crippen molar-refractivity contribution >= 4 is 11.3 Å². The summed E-state index contributed by atoms with van der Waals surface area (Å²) in [7, 11) is 2.18. The van der Waals surface area contributed by atoms with Crippen LogP contribution in [0.25, 0.3) is 0 Å². The standard InChI is InChI=1S/C13H24N2S/c1-5-10(2)9-15(4)13(11(3)14)12-7-6-8-16-12/h6-8,10-11,13H,5,9,14H2,1-4H3. The third kappa shape index (κ3) is 3.58. The molecule has 3 heteroatoms. The second kappa shape index (κ2) is 6.38. The first-order valence-corrected chi connectivity index (χ1v) is 6.93. The van der Waals surface area contributed by atoms with Crippen LogP contribution in [0.3, 0.4) is 0 Å². The third-order valence-corrected chi connectivity index (χ3v) is 4.05. The molecule has 1 rings (SSSR count). The van der Waals surface area contributed by atoms with Crippen LogP contribution in [0.2, 0.25) is 0 Å². The van der Waals surface area contributed by atoms with Crippen molar-refractivity contribution in [2.24, 2.45) is 11.7 Å². The van der Waals surface area contributed by atoms with Crippen LogP contribution in [-0.2, 0) is 0 Å². The van der Waals surface area contributed by atoms with Crippen LogP contribution in [0.4, 0.5) is 0 Å². The smallest absolute Gasteiger partial charge is 0.0588 e. The second-order valence-electron chi connectivity index (χ2n) is 4.77. The molecule has 0 aliphatic heterocycles. The molecule has 0 bridgehead atoms. The minimum atomic E-state index is 0.174. The molecule has 0 radical (unpaired) electrons. The molecule has 3 atom stereocenters. The summed E-state index contributed by atoms with van der Waals surface area (Å²) < 4.78 is 0. The highest BCUT2D eigenvalue weighted by molar-refractivity contribution is 7.10. The van der Waals surface area contributed by atoms with E-state index in [2.05, 4.69) is 50.2 Å². The van der Waals surface area contributed by atoms with Crippen molar-refractivity contribution in [2.45, 2.75) is 39.3 Å². The predicted molar refractivity (Wildman–Crippen MR) is 72.8 cm³/mol. The van der Waals surface area contributed by atoms with Gasteiger partial charge in [0.05, 0.1) is 6.04 Å². The van der Waals surface area contributed by atoms with Crippen LogP contribution in [-0.4, -0.2) is 24.5 Å². The number of likely N-dealkylation sites (N-methyl/N-ethyl adjacent to an activating group) is 1. The summed E-state index contributed by atoms with van der Waals surface area (Å²) in [5.74, 6) is 0.728. The van der Waals surface area contributed by atoms with E-state index in [1.165, 1.54) is 11.3 Å². The molecule has 1 heterocycles. The van der Waals surface area contributed by atoms with Crippen LogP contribution < -0.4 is 5.73 Å². The van der Waals surface area contributed by atoms with Gasteiger partial charge in [-0.15, -0.1) is 11.3 Å². The summed E-state index contributed by atoms with van der Waals surface area (Å²) in [5.41, 5.74) is 6.11. The fraction of sp³-hybridized carbons (Fsp3) is 0.692. The first kappa shape index (κ1) is 13.7. The molecule has 1 aromatic rings. The zero-order valence-corrected chi connectivity index (χ0v) is 11.6. The highest BCUT2D eigenvalue weighted by atomic mass is 32.1. The zero-order chi connectivity index (χ0) is 12.1. The van der Waals surface area contributed by atoms with Crippen LogP contribution in [0.1, 0.15) is 38.1 Å². The molecule has 2 N–H and O–H groups in total. The average Bonchev–Trinajstić information content (AvgIpc) is 2.70. The van der Waals surface area contributed by atoms with Crippen molar-refractivity contribution in [1.29, 1.82) is 0 Å². The normalized spacial score (nSPS) is 17.4. The Morgan fingerprint density at radius 3 is 2.56 bits per heavy atom. The summed E-state index contributed by atoms with van der Waals surface area (Å²) in [5, 5.41) is 2.13. The summed E-state index contributed by atoms with van der Waals surface area (Å²) >= 11 is 1.80. The van der Waals surface area contributed by atoms with Crippen molar-refractivity contribution in [3.63, 3.8) is 0 Å². The van der Waals surface area contributed by atoms with Gasteiger partial charge in [-0.3, -0.25) is 4.90 Å². The maximum atomic E-state index is 6.11. The molecule has 2 nitrogen and oxygen atoms in total. The zero-order valence-electron chi connectivity index (χ0n) is 10.8. The van der Waals surface area contributed by atoms with Crippen LogP contribution >= 0.6 is 11.3 Å². The Kier molecular flexibility index (Phi) is 5.46. The van der Waals surface area contributed by atoms with E-state index in [0.29, 0.717) is 6.04 Å². The second-order valence-corrected chi connectivity index (χ2v) is 5.75. The molecule has 1 aromatic heterocycles. The molecule has 16 heavy (non-hydrogen) atoms. The topological polar surface area (TPSA) is 29.3 Å². The van der Waals surface area contributed by atoms with Gasteiger partial charge in [-0.2, -0.15) is 0 Å². The van der Waals surface area contributed by atoms with Gasteiger partial charge in [0.15, 0.2) is 0 Å². The highest BCUT2D eigenvalue weighted by Gasteiger charge is 2.22. The van der Waals surface area contributed by atoms with Crippen molar-refractivity contribution < 1.29 is 0 Å². The molecule has 0 fully saturated rings. The monoisotopic (exact) mass is 240 g/mol. The molecule has 0 aliphatic rings. The Morgan fingerprint density at radius 2 is 2.12 bits per heavy atom. The molecular formula is C13H24N2S. The van der Waals surface area contributed by atoms with E-state index in [0.717, 1.165) is 12.5 Å². The minimum absolute atomic E-state index is 0.174. The van der Waals surface area contributed by atoms with Crippen molar-refractivity contribution in [1.82, 2.24) is 4.90 Å². The van der Waals surface area contributed by atoms with E-state index in [-0.39, 0.29) is 6.04 Å². The first-order chi connectivity index (χ1) is 7.56. The summed E-state index contributed by atoms with van der Waals surface area (Å²) in [4.78, 5) is 3.77. The Labute approximate surface area is 103 Å². The average molecular weight is 240 g/mol. The molecule has 0 aliphatic carbocycles. The third-order valence-electron chi connectivity index (χ3n) is 3.10. The number of hydrogen-bond acceptors (Lipinski definition) is 3. The molecule has 0 amide bonds. The van der Waals surface area contributed by atoms with E-state index in [4.69, 9.17) is 5.73 Å². The predicted octanol–water partition coefficient (Wildman–Crippen LogP) is 3.11. The lowest BCUT2D eigenvalue weighted by atomic mass is 10.0. The van der Waals surface area contributed by atoms with Gasteiger partial charge < -0.3 is 5.73 Å². The lowest BCUT2D eigenvalue weighted by molar-refractivity contribution is 0.193. The SMILES string of the molecule is CCC(C)CN(C)C(c1cccs1)C(C)N. The number of nitrogens with zero attached hydrogens (tertiary/aromatic N) is 1. The molecule has 0 saturated carbocycles. The van der Waals surface area contributed by atoms with Gasteiger partial charge in [-0.05, 0) is 31.3 Å². The van der Waals surface area contributed by atoms with E-state index in [1.807, 2.05) is 0 Å². The Balaban J connectivity index is 2.71. The Morgan fingerprint density at radius 1 is 1.44 bits per heavy atom. The van der Waals surface area contributed by atoms with Gasteiger partial charge >= 0.3 is 0 Å². The van der Waals surface area contributed by atoms with Gasteiger partial charge in [-0.25, -0.2) is 0 Å². The number of thiophene rings is 1. The minimum Gasteiger partial charge on any atom is -0.326 e. The van der Waals surface area contributed by atoms with Crippen LogP contribution in [0.5, 0.6) is 0 Å². The molecule has 0 aromatic carbocycles. The van der Waals surface area contributed by atoms with Crippen molar-refractivity contribution in [2.75, 3.05) is 13.6 Å².